The average Bonchev–Trinajstić information content (AvgIpc) is 2.69. The zero-order chi connectivity index (χ0) is 10.6. The quantitative estimate of drug-likeness (QED) is 0.724. The fourth-order valence-electron chi connectivity index (χ4n) is 1.22. The molecule has 0 saturated carbocycles. The molecular weight excluding hydrogens is 180 g/mol. The fourth-order valence-corrected chi connectivity index (χ4v) is 1.22. The second kappa shape index (κ2) is 4.42. The maximum Gasteiger partial charge on any atom is 0.168 e. The highest BCUT2D eigenvalue weighted by Crippen LogP contribution is 2.18. The minimum Gasteiger partial charge on any atom is -0.472 e. The number of furan rings is 1. The van der Waals surface area contributed by atoms with Crippen molar-refractivity contribution in [2.75, 3.05) is 7.11 Å². The minimum atomic E-state index is -0.669. The lowest BCUT2D eigenvalue weighted by atomic mass is 9.93. The SMILES string of the molecule is CCC(C)(OC)C(=O)Cc1ccoc1. The Kier molecular flexibility index (Phi) is 3.47. The summed E-state index contributed by atoms with van der Waals surface area (Å²) in [5, 5.41) is 0. The smallest absolute Gasteiger partial charge is 0.168 e. The summed E-state index contributed by atoms with van der Waals surface area (Å²) in [6, 6.07) is 1.80. The third-order valence-corrected chi connectivity index (χ3v) is 2.66. The van der Waals surface area contributed by atoms with E-state index in [0.717, 1.165) is 5.56 Å². The van der Waals surface area contributed by atoms with Crippen molar-refractivity contribution in [1.82, 2.24) is 0 Å². The van der Waals surface area contributed by atoms with E-state index in [1.54, 1.807) is 25.7 Å². The van der Waals surface area contributed by atoms with Crippen LogP contribution in [0.2, 0.25) is 0 Å². The van der Waals surface area contributed by atoms with E-state index < -0.39 is 5.60 Å². The number of carbonyl (C=O) groups excluding carboxylic acids is 1. The molecule has 1 rings (SSSR count). The third kappa shape index (κ3) is 2.23. The number of carbonyl (C=O) groups is 1. The number of ketones is 1. The number of methoxy groups -OCH3 is 1. The number of hydrogen-bond donors (Lipinski definition) is 0. The van der Waals surface area contributed by atoms with Crippen molar-refractivity contribution in [2.45, 2.75) is 32.3 Å². The van der Waals surface area contributed by atoms with Crippen molar-refractivity contribution in [3.63, 3.8) is 0 Å². The summed E-state index contributed by atoms with van der Waals surface area (Å²) < 4.78 is 10.1. The molecule has 0 bridgehead atoms. The lowest BCUT2D eigenvalue weighted by molar-refractivity contribution is -0.138. The Hall–Kier alpha value is -1.09. The standard InChI is InChI=1S/C11H16O3/c1-4-11(2,13-3)10(12)7-9-5-6-14-8-9/h5-6,8H,4,7H2,1-3H3. The van der Waals surface area contributed by atoms with Crippen LogP contribution in [0.5, 0.6) is 0 Å². The van der Waals surface area contributed by atoms with Crippen LogP contribution in [-0.2, 0) is 16.0 Å². The van der Waals surface area contributed by atoms with Gasteiger partial charge in [0.15, 0.2) is 5.78 Å². The van der Waals surface area contributed by atoms with Crippen molar-refractivity contribution in [3.05, 3.63) is 24.2 Å². The van der Waals surface area contributed by atoms with E-state index in [-0.39, 0.29) is 5.78 Å². The molecule has 0 amide bonds. The highest BCUT2D eigenvalue weighted by atomic mass is 16.5. The summed E-state index contributed by atoms with van der Waals surface area (Å²) in [7, 11) is 1.57. The molecule has 0 radical (unpaired) electrons. The number of rotatable bonds is 5. The third-order valence-electron chi connectivity index (χ3n) is 2.66. The van der Waals surface area contributed by atoms with Crippen molar-refractivity contribution in [3.8, 4) is 0 Å². The van der Waals surface area contributed by atoms with Gasteiger partial charge in [0, 0.05) is 13.5 Å². The molecule has 0 fully saturated rings. The Bertz CT molecular complexity index is 283. The van der Waals surface area contributed by atoms with Gasteiger partial charge in [-0.25, -0.2) is 0 Å². The monoisotopic (exact) mass is 196 g/mol. The molecule has 1 aromatic rings. The lowest BCUT2D eigenvalue weighted by Gasteiger charge is -2.24. The second-order valence-corrected chi connectivity index (χ2v) is 3.52. The van der Waals surface area contributed by atoms with Gasteiger partial charge < -0.3 is 9.15 Å². The molecule has 0 aliphatic rings. The number of ether oxygens (including phenoxy) is 1. The summed E-state index contributed by atoms with van der Waals surface area (Å²) in [4.78, 5) is 11.8. The van der Waals surface area contributed by atoms with E-state index in [4.69, 9.17) is 9.15 Å². The normalized spacial score (nSPS) is 15.1. The molecule has 0 aliphatic carbocycles. The van der Waals surface area contributed by atoms with E-state index in [2.05, 4.69) is 0 Å². The summed E-state index contributed by atoms with van der Waals surface area (Å²) in [6.45, 7) is 3.76. The molecule has 1 heterocycles. The van der Waals surface area contributed by atoms with Gasteiger partial charge in [0.05, 0.1) is 12.5 Å². The molecule has 0 N–H and O–H groups in total. The van der Waals surface area contributed by atoms with Gasteiger partial charge in [-0.05, 0) is 25.0 Å². The summed E-state index contributed by atoms with van der Waals surface area (Å²) >= 11 is 0. The number of Topliss-reactive ketones (excluding diaryl/α,β-unsaturated/α-hetero) is 1. The van der Waals surface area contributed by atoms with E-state index >= 15 is 0 Å². The predicted molar refractivity (Wildman–Crippen MR) is 53.1 cm³/mol. The fraction of sp³-hybridized carbons (Fsp3) is 0.545. The van der Waals surface area contributed by atoms with Gasteiger partial charge in [0.2, 0.25) is 0 Å². The van der Waals surface area contributed by atoms with Gasteiger partial charge in [0.1, 0.15) is 5.60 Å². The van der Waals surface area contributed by atoms with Crippen LogP contribution in [-0.4, -0.2) is 18.5 Å². The predicted octanol–water partition coefficient (Wildman–Crippen LogP) is 2.21. The molecule has 0 spiro atoms. The van der Waals surface area contributed by atoms with Gasteiger partial charge in [-0.15, -0.1) is 0 Å². The van der Waals surface area contributed by atoms with Crippen molar-refractivity contribution < 1.29 is 13.9 Å². The summed E-state index contributed by atoms with van der Waals surface area (Å²) in [6.07, 6.45) is 4.21. The van der Waals surface area contributed by atoms with Gasteiger partial charge in [-0.2, -0.15) is 0 Å². The zero-order valence-electron chi connectivity index (χ0n) is 8.87. The van der Waals surface area contributed by atoms with Crippen LogP contribution in [0, 0.1) is 0 Å². The van der Waals surface area contributed by atoms with Crippen molar-refractivity contribution >= 4 is 5.78 Å². The van der Waals surface area contributed by atoms with Gasteiger partial charge in [-0.1, -0.05) is 6.92 Å². The molecule has 0 aliphatic heterocycles. The first-order valence-electron chi connectivity index (χ1n) is 4.72. The van der Waals surface area contributed by atoms with Gasteiger partial charge in [-0.3, -0.25) is 4.79 Å². The Labute approximate surface area is 84.1 Å². The van der Waals surface area contributed by atoms with Crippen LogP contribution in [0.1, 0.15) is 25.8 Å². The van der Waals surface area contributed by atoms with Crippen LogP contribution in [0.3, 0.4) is 0 Å². The maximum atomic E-state index is 11.8. The van der Waals surface area contributed by atoms with Crippen LogP contribution in [0.4, 0.5) is 0 Å². The molecule has 0 aromatic carbocycles. The molecule has 78 valence electrons. The summed E-state index contributed by atoms with van der Waals surface area (Å²) in [5.41, 5.74) is 0.226. The molecule has 1 aromatic heterocycles. The maximum absolute atomic E-state index is 11.8. The van der Waals surface area contributed by atoms with E-state index in [1.165, 1.54) is 0 Å². The Morgan fingerprint density at radius 2 is 2.36 bits per heavy atom. The minimum absolute atomic E-state index is 0.0869. The average molecular weight is 196 g/mol. The largest absolute Gasteiger partial charge is 0.472 e. The molecule has 0 saturated heterocycles. The molecule has 1 atom stereocenters. The molecule has 14 heavy (non-hydrogen) atoms. The Balaban J connectivity index is 2.66. The van der Waals surface area contributed by atoms with E-state index in [0.29, 0.717) is 12.8 Å². The molecular formula is C11H16O3. The first-order valence-corrected chi connectivity index (χ1v) is 4.72. The first kappa shape index (κ1) is 11.0. The lowest BCUT2D eigenvalue weighted by Crippen LogP contribution is -2.37. The summed E-state index contributed by atoms with van der Waals surface area (Å²) in [5.74, 6) is 0.0869. The highest BCUT2D eigenvalue weighted by molar-refractivity contribution is 5.88. The first-order chi connectivity index (χ1) is 6.62. The highest BCUT2D eigenvalue weighted by Gasteiger charge is 2.30. The molecule has 1 unspecified atom stereocenters. The van der Waals surface area contributed by atoms with Crippen LogP contribution < -0.4 is 0 Å². The molecule has 3 heteroatoms. The second-order valence-electron chi connectivity index (χ2n) is 3.52. The van der Waals surface area contributed by atoms with Crippen molar-refractivity contribution in [1.29, 1.82) is 0 Å². The van der Waals surface area contributed by atoms with E-state index in [9.17, 15) is 4.79 Å². The number of hydrogen-bond acceptors (Lipinski definition) is 3. The van der Waals surface area contributed by atoms with E-state index in [1.807, 2.05) is 13.8 Å². The van der Waals surface area contributed by atoms with Crippen LogP contribution >= 0.6 is 0 Å². The van der Waals surface area contributed by atoms with Crippen LogP contribution in [0.25, 0.3) is 0 Å². The Morgan fingerprint density at radius 3 is 2.79 bits per heavy atom. The van der Waals surface area contributed by atoms with Crippen molar-refractivity contribution in [2.24, 2.45) is 0 Å². The molecule has 3 nitrogen and oxygen atoms in total. The Morgan fingerprint density at radius 1 is 1.64 bits per heavy atom. The van der Waals surface area contributed by atoms with Gasteiger partial charge >= 0.3 is 0 Å². The zero-order valence-corrected chi connectivity index (χ0v) is 8.87. The topological polar surface area (TPSA) is 39.4 Å². The van der Waals surface area contributed by atoms with Gasteiger partial charge in [0.25, 0.3) is 0 Å². The van der Waals surface area contributed by atoms with Crippen LogP contribution in [0.15, 0.2) is 23.0 Å².